The van der Waals surface area contributed by atoms with Crippen molar-refractivity contribution < 1.29 is 14.3 Å². The minimum absolute atomic E-state index is 0.210. The second-order valence-corrected chi connectivity index (χ2v) is 9.05. The van der Waals surface area contributed by atoms with Crippen molar-refractivity contribution in [2.75, 3.05) is 13.2 Å². The van der Waals surface area contributed by atoms with Crippen molar-refractivity contribution >= 4 is 50.9 Å². The molecule has 2 aromatic carbocycles. The summed E-state index contributed by atoms with van der Waals surface area (Å²) in [5.41, 5.74) is 0.865. The number of amides is 2. The van der Waals surface area contributed by atoms with Crippen LogP contribution in [-0.4, -0.2) is 35.9 Å². The van der Waals surface area contributed by atoms with E-state index >= 15 is 0 Å². The fraction of sp³-hybridized carbons (Fsp3) is 0.364. The molecule has 2 rings (SSSR count). The minimum Gasteiger partial charge on any atom is -0.483 e. The third-order valence-electron chi connectivity index (χ3n) is 4.36. The Kier molecular flexibility index (Phi) is 9.46. The van der Waals surface area contributed by atoms with Crippen LogP contribution in [0.15, 0.2) is 46.9 Å². The highest BCUT2D eigenvalue weighted by molar-refractivity contribution is 9.10. The van der Waals surface area contributed by atoms with E-state index in [4.69, 9.17) is 27.9 Å². The summed E-state index contributed by atoms with van der Waals surface area (Å²) < 4.78 is 6.32. The molecule has 0 bridgehead atoms. The molecule has 2 amide bonds. The molecule has 0 heterocycles. The molecule has 2 aromatic rings. The summed E-state index contributed by atoms with van der Waals surface area (Å²) >= 11 is 15.3. The lowest BCUT2D eigenvalue weighted by Crippen LogP contribution is -2.49. The quantitative estimate of drug-likeness (QED) is 0.491. The Labute approximate surface area is 195 Å². The average Bonchev–Trinajstić information content (AvgIpc) is 2.70. The van der Waals surface area contributed by atoms with Crippen molar-refractivity contribution in [2.24, 2.45) is 5.92 Å². The van der Waals surface area contributed by atoms with Crippen molar-refractivity contribution in [1.29, 1.82) is 0 Å². The topological polar surface area (TPSA) is 58.6 Å². The summed E-state index contributed by atoms with van der Waals surface area (Å²) in [6.07, 6.45) is 0. The zero-order valence-electron chi connectivity index (χ0n) is 17.1. The van der Waals surface area contributed by atoms with Gasteiger partial charge in [0.15, 0.2) is 6.61 Å². The van der Waals surface area contributed by atoms with Crippen LogP contribution in [0.2, 0.25) is 10.0 Å². The first-order valence-corrected chi connectivity index (χ1v) is 11.1. The van der Waals surface area contributed by atoms with Gasteiger partial charge >= 0.3 is 0 Å². The van der Waals surface area contributed by atoms with Gasteiger partial charge in [-0.15, -0.1) is 0 Å². The first kappa shape index (κ1) is 24.5. The van der Waals surface area contributed by atoms with E-state index in [0.29, 0.717) is 32.7 Å². The molecule has 0 saturated carbocycles. The van der Waals surface area contributed by atoms with Gasteiger partial charge in [-0.3, -0.25) is 9.59 Å². The molecule has 0 saturated heterocycles. The molecular formula is C22H25BrCl2N2O3. The predicted molar refractivity (Wildman–Crippen MR) is 124 cm³/mol. The van der Waals surface area contributed by atoms with E-state index in [2.05, 4.69) is 21.2 Å². The maximum Gasteiger partial charge on any atom is 0.261 e. The molecule has 8 heteroatoms. The van der Waals surface area contributed by atoms with Crippen molar-refractivity contribution in [3.05, 3.63) is 62.5 Å². The van der Waals surface area contributed by atoms with E-state index in [1.54, 1.807) is 37.3 Å². The van der Waals surface area contributed by atoms with Crippen LogP contribution in [0.4, 0.5) is 0 Å². The molecule has 0 radical (unpaired) electrons. The first-order valence-electron chi connectivity index (χ1n) is 9.57. The molecule has 1 atom stereocenters. The fourth-order valence-electron chi connectivity index (χ4n) is 2.64. The molecule has 5 nitrogen and oxygen atoms in total. The minimum atomic E-state index is -0.663. The number of rotatable bonds is 9. The standard InChI is InChI=1S/C22H25BrCl2N2O3/c1-14(2)11-26-22(29)15(3)27(12-16-4-6-17(24)7-5-16)21(28)13-30-20-9-8-18(25)10-19(20)23/h4-10,14-15H,11-13H2,1-3H3,(H,26,29)/t15-/m1/s1. The lowest BCUT2D eigenvalue weighted by molar-refractivity contribution is -0.142. The summed E-state index contributed by atoms with van der Waals surface area (Å²) in [6, 6.07) is 11.6. The van der Waals surface area contributed by atoms with Gasteiger partial charge in [-0.2, -0.15) is 0 Å². The number of nitrogens with one attached hydrogen (secondary N) is 1. The van der Waals surface area contributed by atoms with Gasteiger partial charge in [0.25, 0.3) is 5.91 Å². The highest BCUT2D eigenvalue weighted by Gasteiger charge is 2.26. The van der Waals surface area contributed by atoms with Gasteiger partial charge in [-0.1, -0.05) is 49.2 Å². The molecule has 0 aromatic heterocycles. The number of nitrogens with zero attached hydrogens (tertiary/aromatic N) is 1. The molecule has 0 aliphatic carbocycles. The van der Waals surface area contributed by atoms with Gasteiger partial charge < -0.3 is 15.0 Å². The number of hydrogen-bond donors (Lipinski definition) is 1. The third-order valence-corrected chi connectivity index (χ3v) is 5.47. The van der Waals surface area contributed by atoms with Crippen LogP contribution in [0, 0.1) is 5.92 Å². The summed E-state index contributed by atoms with van der Waals surface area (Å²) in [5, 5.41) is 4.05. The molecule has 0 spiro atoms. The summed E-state index contributed by atoms with van der Waals surface area (Å²) in [4.78, 5) is 27.1. The Hall–Kier alpha value is -1.76. The molecule has 0 unspecified atom stereocenters. The number of ether oxygens (including phenoxy) is 1. The lowest BCUT2D eigenvalue weighted by atomic mass is 10.1. The average molecular weight is 516 g/mol. The monoisotopic (exact) mass is 514 g/mol. The summed E-state index contributed by atoms with van der Waals surface area (Å²) in [7, 11) is 0. The first-order chi connectivity index (χ1) is 14.2. The molecular weight excluding hydrogens is 491 g/mol. The maximum absolute atomic E-state index is 13.0. The zero-order valence-corrected chi connectivity index (χ0v) is 20.2. The summed E-state index contributed by atoms with van der Waals surface area (Å²) in [6.45, 7) is 6.33. The highest BCUT2D eigenvalue weighted by Crippen LogP contribution is 2.28. The van der Waals surface area contributed by atoms with E-state index in [-0.39, 0.29) is 25.0 Å². The number of carbonyl (C=O) groups is 2. The van der Waals surface area contributed by atoms with Gasteiger partial charge in [0.1, 0.15) is 11.8 Å². The van der Waals surface area contributed by atoms with Gasteiger partial charge in [0.2, 0.25) is 5.91 Å². The molecule has 30 heavy (non-hydrogen) atoms. The van der Waals surface area contributed by atoms with Gasteiger partial charge in [0, 0.05) is 23.1 Å². The third kappa shape index (κ3) is 7.49. The van der Waals surface area contributed by atoms with Crippen LogP contribution in [0.1, 0.15) is 26.3 Å². The lowest BCUT2D eigenvalue weighted by Gasteiger charge is -2.29. The Balaban J connectivity index is 2.14. The Morgan fingerprint density at radius 1 is 1.07 bits per heavy atom. The van der Waals surface area contributed by atoms with Crippen LogP contribution in [-0.2, 0) is 16.1 Å². The van der Waals surface area contributed by atoms with Gasteiger partial charge in [-0.25, -0.2) is 0 Å². The van der Waals surface area contributed by atoms with E-state index in [0.717, 1.165) is 5.56 Å². The van der Waals surface area contributed by atoms with Crippen molar-refractivity contribution in [3.8, 4) is 5.75 Å². The molecule has 0 fully saturated rings. The molecule has 1 N–H and O–H groups in total. The van der Waals surface area contributed by atoms with Crippen LogP contribution >= 0.6 is 39.1 Å². The smallest absolute Gasteiger partial charge is 0.261 e. The number of halogens is 3. The van der Waals surface area contributed by atoms with E-state index in [1.165, 1.54) is 4.90 Å². The van der Waals surface area contributed by atoms with Crippen LogP contribution in [0.5, 0.6) is 5.75 Å². The summed E-state index contributed by atoms with van der Waals surface area (Å²) in [5.74, 6) is 0.293. The zero-order chi connectivity index (χ0) is 22.3. The Morgan fingerprint density at radius 2 is 1.70 bits per heavy atom. The molecule has 0 aliphatic heterocycles. The number of carbonyl (C=O) groups excluding carboxylic acids is 2. The SMILES string of the molecule is CC(C)CNC(=O)[C@@H](C)N(Cc1ccc(Cl)cc1)C(=O)COc1ccc(Cl)cc1Br. The van der Waals surface area contributed by atoms with Crippen LogP contribution in [0.25, 0.3) is 0 Å². The largest absolute Gasteiger partial charge is 0.483 e. The van der Waals surface area contributed by atoms with Crippen LogP contribution < -0.4 is 10.1 Å². The Morgan fingerprint density at radius 3 is 2.30 bits per heavy atom. The van der Waals surface area contributed by atoms with E-state index < -0.39 is 6.04 Å². The van der Waals surface area contributed by atoms with Crippen molar-refractivity contribution in [3.63, 3.8) is 0 Å². The van der Waals surface area contributed by atoms with Gasteiger partial charge in [-0.05, 0) is 64.7 Å². The maximum atomic E-state index is 13.0. The van der Waals surface area contributed by atoms with Crippen LogP contribution in [0.3, 0.4) is 0 Å². The van der Waals surface area contributed by atoms with Crippen molar-refractivity contribution in [2.45, 2.75) is 33.4 Å². The normalized spacial score (nSPS) is 11.8. The fourth-order valence-corrected chi connectivity index (χ4v) is 3.56. The van der Waals surface area contributed by atoms with E-state index in [9.17, 15) is 9.59 Å². The Bertz CT molecular complexity index is 875. The molecule has 162 valence electrons. The number of benzene rings is 2. The highest BCUT2D eigenvalue weighted by atomic mass is 79.9. The van der Waals surface area contributed by atoms with E-state index in [1.807, 2.05) is 26.0 Å². The predicted octanol–water partition coefficient (Wildman–Crippen LogP) is 5.32. The second kappa shape index (κ2) is 11.6. The number of hydrogen-bond acceptors (Lipinski definition) is 3. The van der Waals surface area contributed by atoms with Gasteiger partial charge in [0.05, 0.1) is 4.47 Å². The van der Waals surface area contributed by atoms with Crippen molar-refractivity contribution in [1.82, 2.24) is 10.2 Å². The molecule has 0 aliphatic rings. The second-order valence-electron chi connectivity index (χ2n) is 7.33.